The maximum Gasteiger partial charge on any atom is 0.263 e. The van der Waals surface area contributed by atoms with Crippen LogP contribution in [0.15, 0.2) is 38.7 Å². The first-order chi connectivity index (χ1) is 13.8. The molecule has 6 nitrogen and oxygen atoms in total. The zero-order valence-corrected chi connectivity index (χ0v) is 18.8. The van der Waals surface area contributed by atoms with Crippen LogP contribution in [-0.4, -0.2) is 19.7 Å². The summed E-state index contributed by atoms with van der Waals surface area (Å²) >= 11 is 8.90. The van der Waals surface area contributed by atoms with Crippen molar-refractivity contribution in [2.45, 2.75) is 44.6 Å². The summed E-state index contributed by atoms with van der Waals surface area (Å²) in [5, 5.41) is 6.07. The molecule has 0 atom stereocenters. The number of aromatic nitrogens is 4. The lowest BCUT2D eigenvalue weighted by molar-refractivity contribution is 0.391. The van der Waals surface area contributed by atoms with Crippen LogP contribution in [0.1, 0.15) is 36.2 Å². The maximum absolute atomic E-state index is 13.1. The van der Waals surface area contributed by atoms with Crippen LogP contribution >= 0.6 is 34.7 Å². The fourth-order valence-electron chi connectivity index (χ4n) is 3.00. The van der Waals surface area contributed by atoms with Gasteiger partial charge in [-0.3, -0.25) is 9.36 Å². The van der Waals surface area contributed by atoms with Crippen molar-refractivity contribution in [1.29, 1.82) is 0 Å². The Morgan fingerprint density at radius 1 is 1.21 bits per heavy atom. The number of rotatable bonds is 5. The number of benzene rings is 1. The molecule has 3 heterocycles. The summed E-state index contributed by atoms with van der Waals surface area (Å²) in [6, 6.07) is 7.25. The lowest BCUT2D eigenvalue weighted by Gasteiger charge is -2.14. The Morgan fingerprint density at radius 3 is 2.62 bits per heavy atom. The van der Waals surface area contributed by atoms with Gasteiger partial charge >= 0.3 is 0 Å². The fourth-order valence-corrected chi connectivity index (χ4v) is 5.16. The molecule has 0 radical (unpaired) electrons. The first-order valence-electron chi connectivity index (χ1n) is 9.08. The van der Waals surface area contributed by atoms with Gasteiger partial charge in [0, 0.05) is 21.5 Å². The second-order valence-corrected chi connectivity index (χ2v) is 9.52. The molecule has 3 aromatic heterocycles. The Bertz CT molecular complexity index is 1240. The van der Waals surface area contributed by atoms with Gasteiger partial charge in [-0.15, -0.1) is 11.3 Å². The van der Waals surface area contributed by atoms with Crippen molar-refractivity contribution in [2.75, 3.05) is 0 Å². The summed E-state index contributed by atoms with van der Waals surface area (Å²) < 4.78 is 7.12. The number of thiophene rings is 1. The predicted molar refractivity (Wildman–Crippen MR) is 118 cm³/mol. The molecular weight excluding hydrogens is 428 g/mol. The van der Waals surface area contributed by atoms with Crippen molar-refractivity contribution in [2.24, 2.45) is 0 Å². The molecule has 0 bridgehead atoms. The SMILES string of the molecule is Cc1sc2nc(SCc3nc(-c4ccc(Cl)cc4)no3)n(C(C)C)c(=O)c2c1C. The minimum absolute atomic E-state index is 0.00160. The third kappa shape index (κ3) is 3.84. The van der Waals surface area contributed by atoms with Gasteiger partial charge in [-0.05, 0) is 57.5 Å². The topological polar surface area (TPSA) is 73.8 Å². The summed E-state index contributed by atoms with van der Waals surface area (Å²) in [5.41, 5.74) is 1.84. The highest BCUT2D eigenvalue weighted by Gasteiger charge is 2.19. The van der Waals surface area contributed by atoms with E-state index in [0.717, 1.165) is 20.8 Å². The van der Waals surface area contributed by atoms with E-state index in [1.807, 2.05) is 39.8 Å². The zero-order chi connectivity index (χ0) is 20.7. The summed E-state index contributed by atoms with van der Waals surface area (Å²) in [5.74, 6) is 1.41. The highest BCUT2D eigenvalue weighted by molar-refractivity contribution is 7.98. The van der Waals surface area contributed by atoms with Gasteiger partial charge in [0.1, 0.15) is 4.83 Å². The molecule has 0 unspecified atom stereocenters. The van der Waals surface area contributed by atoms with Crippen molar-refractivity contribution in [3.8, 4) is 11.4 Å². The first-order valence-corrected chi connectivity index (χ1v) is 11.3. The van der Waals surface area contributed by atoms with E-state index in [9.17, 15) is 4.79 Å². The van der Waals surface area contributed by atoms with Crippen LogP contribution in [0.4, 0.5) is 0 Å². The van der Waals surface area contributed by atoms with Gasteiger partial charge < -0.3 is 4.52 Å². The van der Waals surface area contributed by atoms with Crippen molar-refractivity contribution in [1.82, 2.24) is 19.7 Å². The van der Waals surface area contributed by atoms with Gasteiger partial charge in [0.25, 0.3) is 5.56 Å². The predicted octanol–water partition coefficient (Wildman–Crippen LogP) is 5.65. The van der Waals surface area contributed by atoms with Crippen molar-refractivity contribution < 1.29 is 4.52 Å². The molecule has 4 rings (SSSR count). The van der Waals surface area contributed by atoms with Crippen LogP contribution < -0.4 is 5.56 Å². The standard InChI is InChI=1S/C20H19ClN4O2S2/c1-10(2)25-19(26)16-11(3)12(4)29-18(16)23-20(25)28-9-15-22-17(24-27-15)13-5-7-14(21)8-6-13/h5-8,10H,9H2,1-4H3. The van der Waals surface area contributed by atoms with Crippen molar-refractivity contribution in [3.05, 3.63) is 56.0 Å². The molecule has 29 heavy (non-hydrogen) atoms. The van der Waals surface area contributed by atoms with Gasteiger partial charge in [0.2, 0.25) is 11.7 Å². The molecule has 0 spiro atoms. The molecule has 4 aromatic rings. The van der Waals surface area contributed by atoms with Crippen LogP contribution in [0, 0.1) is 13.8 Å². The molecule has 1 aromatic carbocycles. The van der Waals surface area contributed by atoms with Gasteiger partial charge in [0.05, 0.1) is 11.1 Å². The summed E-state index contributed by atoms with van der Waals surface area (Å²) in [6.45, 7) is 7.97. The normalized spacial score (nSPS) is 11.7. The quantitative estimate of drug-likeness (QED) is 0.291. The molecule has 0 amide bonds. The zero-order valence-electron chi connectivity index (χ0n) is 16.4. The van der Waals surface area contributed by atoms with E-state index in [2.05, 4.69) is 10.1 Å². The van der Waals surface area contributed by atoms with Crippen molar-refractivity contribution in [3.63, 3.8) is 0 Å². The Kier molecular flexibility index (Phi) is 5.50. The second kappa shape index (κ2) is 7.93. The Morgan fingerprint density at radius 2 is 1.93 bits per heavy atom. The monoisotopic (exact) mass is 446 g/mol. The molecule has 0 aliphatic rings. The average Bonchev–Trinajstić information content (AvgIpc) is 3.25. The number of hydrogen-bond acceptors (Lipinski definition) is 7. The lowest BCUT2D eigenvalue weighted by atomic mass is 10.2. The van der Waals surface area contributed by atoms with Gasteiger partial charge in [-0.2, -0.15) is 4.98 Å². The highest BCUT2D eigenvalue weighted by atomic mass is 35.5. The van der Waals surface area contributed by atoms with E-state index in [1.165, 1.54) is 11.8 Å². The summed E-state index contributed by atoms with van der Waals surface area (Å²) in [7, 11) is 0. The molecule has 150 valence electrons. The number of halogens is 1. The van der Waals surface area contributed by atoms with Crippen LogP contribution in [0.25, 0.3) is 21.6 Å². The van der Waals surface area contributed by atoms with Gasteiger partial charge in [-0.25, -0.2) is 4.98 Å². The molecule has 0 N–H and O–H groups in total. The Labute approximate surface area is 180 Å². The van der Waals surface area contributed by atoms with E-state index >= 15 is 0 Å². The molecular formula is C20H19ClN4O2S2. The molecule has 0 fully saturated rings. The van der Waals surface area contributed by atoms with E-state index in [4.69, 9.17) is 21.1 Å². The third-order valence-corrected chi connectivity index (χ3v) is 6.90. The minimum atomic E-state index is -0.00572. The molecule has 9 heteroatoms. The minimum Gasteiger partial charge on any atom is -0.338 e. The number of hydrogen-bond donors (Lipinski definition) is 0. The van der Waals surface area contributed by atoms with E-state index in [0.29, 0.717) is 33.0 Å². The van der Waals surface area contributed by atoms with Crippen LogP contribution in [0.5, 0.6) is 0 Å². The first kappa shape index (κ1) is 20.1. The van der Waals surface area contributed by atoms with Crippen molar-refractivity contribution >= 4 is 44.9 Å². The number of thioether (sulfide) groups is 1. The smallest absolute Gasteiger partial charge is 0.263 e. The fraction of sp³-hybridized carbons (Fsp3) is 0.300. The van der Waals surface area contributed by atoms with E-state index in [1.54, 1.807) is 28.0 Å². The molecule has 0 saturated carbocycles. The van der Waals surface area contributed by atoms with E-state index in [-0.39, 0.29) is 11.6 Å². The maximum atomic E-state index is 13.1. The highest BCUT2D eigenvalue weighted by Crippen LogP contribution is 2.30. The molecule has 0 aliphatic carbocycles. The second-order valence-electron chi connectivity index (χ2n) is 6.93. The Hall–Kier alpha value is -2.16. The van der Waals surface area contributed by atoms with Crippen LogP contribution in [0.2, 0.25) is 5.02 Å². The summed E-state index contributed by atoms with van der Waals surface area (Å²) in [6.07, 6.45) is 0. The molecule has 0 saturated heterocycles. The third-order valence-electron chi connectivity index (χ3n) is 4.61. The number of fused-ring (bicyclic) bond motifs is 1. The van der Waals surface area contributed by atoms with Gasteiger partial charge in [-0.1, -0.05) is 28.5 Å². The number of nitrogens with zero attached hydrogens (tertiary/aromatic N) is 4. The average molecular weight is 447 g/mol. The van der Waals surface area contributed by atoms with E-state index < -0.39 is 0 Å². The molecule has 0 aliphatic heterocycles. The number of aryl methyl sites for hydroxylation is 2. The van der Waals surface area contributed by atoms with Crippen LogP contribution in [-0.2, 0) is 5.75 Å². The Balaban J connectivity index is 1.64. The summed E-state index contributed by atoms with van der Waals surface area (Å²) in [4.78, 5) is 24.2. The largest absolute Gasteiger partial charge is 0.338 e. The van der Waals surface area contributed by atoms with Crippen LogP contribution in [0.3, 0.4) is 0 Å². The lowest BCUT2D eigenvalue weighted by Crippen LogP contribution is -2.24. The van der Waals surface area contributed by atoms with Gasteiger partial charge in [0.15, 0.2) is 5.16 Å².